The average molecular weight is 263 g/mol. The lowest BCUT2D eigenvalue weighted by Crippen LogP contribution is -2.17. The summed E-state index contributed by atoms with van der Waals surface area (Å²) >= 11 is 1.74. The first-order chi connectivity index (χ1) is 8.41. The Morgan fingerprint density at radius 1 is 1.28 bits per heavy atom. The number of thiophene rings is 1. The topological polar surface area (TPSA) is 37.8 Å². The van der Waals surface area contributed by atoms with E-state index in [0.717, 1.165) is 34.8 Å². The highest BCUT2D eigenvalue weighted by molar-refractivity contribution is 7.18. The van der Waals surface area contributed by atoms with Gasteiger partial charge in [-0.25, -0.2) is 9.97 Å². The van der Waals surface area contributed by atoms with Gasteiger partial charge in [0.2, 0.25) is 0 Å². The van der Waals surface area contributed by atoms with Crippen LogP contribution in [0.25, 0.3) is 10.2 Å². The third kappa shape index (κ3) is 2.64. The van der Waals surface area contributed by atoms with Crippen molar-refractivity contribution in [3.8, 4) is 0 Å². The van der Waals surface area contributed by atoms with Crippen LogP contribution in [-0.2, 0) is 5.41 Å². The summed E-state index contributed by atoms with van der Waals surface area (Å²) in [6.45, 7) is 11.7. The molecule has 0 amide bonds. The van der Waals surface area contributed by atoms with Crippen molar-refractivity contribution in [3.63, 3.8) is 0 Å². The minimum Gasteiger partial charge on any atom is -0.369 e. The molecule has 0 bridgehead atoms. The van der Waals surface area contributed by atoms with Crippen molar-refractivity contribution < 1.29 is 0 Å². The lowest BCUT2D eigenvalue weighted by molar-refractivity contribution is 0.549. The third-order valence-electron chi connectivity index (χ3n) is 2.73. The summed E-state index contributed by atoms with van der Waals surface area (Å²) in [4.78, 5) is 11.8. The van der Waals surface area contributed by atoms with Crippen LogP contribution in [-0.4, -0.2) is 16.5 Å². The molecule has 0 aliphatic rings. The Kier molecular flexibility index (Phi) is 3.57. The molecule has 0 fully saturated rings. The van der Waals surface area contributed by atoms with Crippen LogP contribution in [0, 0.1) is 6.92 Å². The molecule has 1 N–H and O–H groups in total. The Balaban J connectivity index is 2.56. The maximum absolute atomic E-state index is 4.71. The number of nitrogens with one attached hydrogen (secondary N) is 1. The molecule has 2 aromatic heterocycles. The van der Waals surface area contributed by atoms with E-state index in [9.17, 15) is 0 Å². The van der Waals surface area contributed by atoms with Crippen molar-refractivity contribution in [2.75, 3.05) is 11.9 Å². The molecule has 0 radical (unpaired) electrons. The second-order valence-electron chi connectivity index (χ2n) is 5.65. The predicted molar refractivity (Wildman–Crippen MR) is 79.6 cm³/mol. The zero-order chi connectivity index (χ0) is 13.3. The summed E-state index contributed by atoms with van der Waals surface area (Å²) in [7, 11) is 0. The molecule has 2 aromatic rings. The van der Waals surface area contributed by atoms with Crippen molar-refractivity contribution in [1.29, 1.82) is 0 Å². The van der Waals surface area contributed by atoms with E-state index >= 15 is 0 Å². The van der Waals surface area contributed by atoms with Crippen molar-refractivity contribution in [2.24, 2.45) is 0 Å². The summed E-state index contributed by atoms with van der Waals surface area (Å²) in [5.74, 6) is 1.89. The smallest absolute Gasteiger partial charge is 0.138 e. The monoisotopic (exact) mass is 263 g/mol. The van der Waals surface area contributed by atoms with Gasteiger partial charge in [0.15, 0.2) is 0 Å². The fraction of sp³-hybridized carbons (Fsp3) is 0.571. The van der Waals surface area contributed by atoms with E-state index in [1.54, 1.807) is 11.3 Å². The van der Waals surface area contributed by atoms with Gasteiger partial charge in [0.1, 0.15) is 16.5 Å². The molecule has 0 spiro atoms. The minimum atomic E-state index is -0.0191. The Labute approximate surface area is 113 Å². The van der Waals surface area contributed by atoms with Gasteiger partial charge in [-0.2, -0.15) is 0 Å². The molecule has 2 heterocycles. The summed E-state index contributed by atoms with van der Waals surface area (Å²) < 4.78 is 0. The Hall–Kier alpha value is -1.16. The SMILES string of the molecule is CCCNc1nc(C(C)(C)C)nc2sc(C)cc12. The van der Waals surface area contributed by atoms with E-state index in [0.29, 0.717) is 0 Å². The first-order valence-corrected chi connectivity index (χ1v) is 7.26. The first-order valence-electron chi connectivity index (χ1n) is 6.44. The molecule has 98 valence electrons. The zero-order valence-corrected chi connectivity index (χ0v) is 12.6. The normalized spacial score (nSPS) is 12.1. The van der Waals surface area contributed by atoms with Gasteiger partial charge in [0.05, 0.1) is 5.39 Å². The largest absolute Gasteiger partial charge is 0.369 e. The highest BCUT2D eigenvalue weighted by Gasteiger charge is 2.20. The van der Waals surface area contributed by atoms with E-state index in [2.05, 4.69) is 46.0 Å². The van der Waals surface area contributed by atoms with Crippen LogP contribution in [0.4, 0.5) is 5.82 Å². The fourth-order valence-electron chi connectivity index (χ4n) is 1.76. The van der Waals surface area contributed by atoms with Crippen LogP contribution >= 0.6 is 11.3 Å². The maximum atomic E-state index is 4.71. The van der Waals surface area contributed by atoms with Gasteiger partial charge in [-0.1, -0.05) is 27.7 Å². The van der Waals surface area contributed by atoms with E-state index in [1.807, 2.05) is 0 Å². The number of nitrogens with zero attached hydrogens (tertiary/aromatic N) is 2. The second kappa shape index (κ2) is 4.84. The Morgan fingerprint density at radius 3 is 2.61 bits per heavy atom. The minimum absolute atomic E-state index is 0.0191. The van der Waals surface area contributed by atoms with E-state index in [1.165, 1.54) is 4.88 Å². The van der Waals surface area contributed by atoms with Gasteiger partial charge < -0.3 is 5.32 Å². The molecule has 0 aliphatic carbocycles. The molecule has 0 atom stereocenters. The number of fused-ring (bicyclic) bond motifs is 1. The highest BCUT2D eigenvalue weighted by Crippen LogP contribution is 2.31. The maximum Gasteiger partial charge on any atom is 0.138 e. The van der Waals surface area contributed by atoms with E-state index in [-0.39, 0.29) is 5.41 Å². The zero-order valence-electron chi connectivity index (χ0n) is 11.8. The van der Waals surface area contributed by atoms with Crippen LogP contribution < -0.4 is 5.32 Å². The number of aromatic nitrogens is 2. The summed E-state index contributed by atoms with van der Waals surface area (Å²) in [5.41, 5.74) is -0.0191. The van der Waals surface area contributed by atoms with Crippen LogP contribution in [0.15, 0.2) is 6.07 Å². The average Bonchev–Trinajstić information content (AvgIpc) is 2.64. The second-order valence-corrected chi connectivity index (χ2v) is 6.88. The molecule has 18 heavy (non-hydrogen) atoms. The first kappa shape index (κ1) is 13.3. The van der Waals surface area contributed by atoms with Gasteiger partial charge in [-0.05, 0) is 19.4 Å². The molecule has 0 aromatic carbocycles. The summed E-state index contributed by atoms with van der Waals surface area (Å²) in [6.07, 6.45) is 1.10. The molecule has 0 aliphatic heterocycles. The van der Waals surface area contributed by atoms with Crippen molar-refractivity contribution in [2.45, 2.75) is 46.5 Å². The van der Waals surface area contributed by atoms with Gasteiger partial charge >= 0.3 is 0 Å². The predicted octanol–water partition coefficient (Wildman–Crippen LogP) is 4.12. The van der Waals surface area contributed by atoms with Crippen molar-refractivity contribution >= 4 is 27.4 Å². The Morgan fingerprint density at radius 2 is 2.00 bits per heavy atom. The Bertz CT molecular complexity index is 552. The molecular formula is C14H21N3S. The molecular weight excluding hydrogens is 242 g/mol. The van der Waals surface area contributed by atoms with Crippen LogP contribution in [0.5, 0.6) is 0 Å². The fourth-order valence-corrected chi connectivity index (χ4v) is 2.63. The van der Waals surface area contributed by atoms with Crippen LogP contribution in [0.1, 0.15) is 44.8 Å². The molecule has 4 heteroatoms. The third-order valence-corrected chi connectivity index (χ3v) is 3.67. The van der Waals surface area contributed by atoms with E-state index in [4.69, 9.17) is 9.97 Å². The van der Waals surface area contributed by atoms with Crippen molar-refractivity contribution in [1.82, 2.24) is 9.97 Å². The number of rotatable bonds is 3. The highest BCUT2D eigenvalue weighted by atomic mass is 32.1. The number of aryl methyl sites for hydroxylation is 1. The van der Waals surface area contributed by atoms with Crippen LogP contribution in [0.2, 0.25) is 0 Å². The van der Waals surface area contributed by atoms with Crippen LogP contribution in [0.3, 0.4) is 0 Å². The summed E-state index contributed by atoms with van der Waals surface area (Å²) in [5, 5.41) is 4.57. The standard InChI is InChI=1S/C14H21N3S/c1-6-7-15-11-10-8-9(2)18-12(10)17-13(16-11)14(3,4)5/h8H,6-7H2,1-5H3,(H,15,16,17). The van der Waals surface area contributed by atoms with E-state index < -0.39 is 0 Å². The van der Waals surface area contributed by atoms with Gasteiger partial charge in [0.25, 0.3) is 0 Å². The molecule has 3 nitrogen and oxygen atoms in total. The van der Waals surface area contributed by atoms with Crippen molar-refractivity contribution in [3.05, 3.63) is 16.8 Å². The summed E-state index contributed by atoms with van der Waals surface area (Å²) in [6, 6.07) is 2.17. The quantitative estimate of drug-likeness (QED) is 0.905. The molecule has 2 rings (SSSR count). The molecule has 0 saturated heterocycles. The van der Waals surface area contributed by atoms with Gasteiger partial charge in [0, 0.05) is 16.8 Å². The number of hydrogen-bond donors (Lipinski definition) is 1. The number of anilines is 1. The molecule has 0 unspecified atom stereocenters. The number of hydrogen-bond acceptors (Lipinski definition) is 4. The lowest BCUT2D eigenvalue weighted by Gasteiger charge is -2.18. The van der Waals surface area contributed by atoms with Gasteiger partial charge in [-0.15, -0.1) is 11.3 Å². The van der Waals surface area contributed by atoms with Gasteiger partial charge in [-0.3, -0.25) is 0 Å². The lowest BCUT2D eigenvalue weighted by atomic mass is 9.96. The molecule has 0 saturated carbocycles.